The molecule has 2 aliphatic rings. The number of carbonyl (C=O) groups is 1. The third-order valence-corrected chi connectivity index (χ3v) is 5.84. The van der Waals surface area contributed by atoms with Crippen LogP contribution in [-0.4, -0.2) is 23.7 Å². The molecule has 2 aliphatic carbocycles. The summed E-state index contributed by atoms with van der Waals surface area (Å²) in [5.41, 5.74) is 1.25. The fourth-order valence-corrected chi connectivity index (χ4v) is 4.65. The molecular formula is C16H23NO2S. The Morgan fingerprint density at radius 2 is 2.15 bits per heavy atom. The number of carbonyl (C=O) groups excluding carboxylic acids is 1. The van der Waals surface area contributed by atoms with Crippen molar-refractivity contribution in [1.82, 2.24) is 5.32 Å². The van der Waals surface area contributed by atoms with Crippen molar-refractivity contribution in [2.45, 2.75) is 56.9 Å². The van der Waals surface area contributed by atoms with E-state index in [1.54, 1.807) is 11.3 Å². The molecule has 4 heteroatoms. The highest BCUT2D eigenvalue weighted by Crippen LogP contribution is 2.35. The van der Waals surface area contributed by atoms with E-state index in [0.717, 1.165) is 38.5 Å². The zero-order valence-corrected chi connectivity index (χ0v) is 12.6. The molecule has 3 atom stereocenters. The van der Waals surface area contributed by atoms with Crippen LogP contribution >= 0.6 is 11.3 Å². The molecule has 1 aromatic heterocycles. The molecule has 0 saturated heterocycles. The van der Waals surface area contributed by atoms with Gasteiger partial charge in [-0.15, -0.1) is 11.3 Å². The van der Waals surface area contributed by atoms with Crippen molar-refractivity contribution in [3.8, 4) is 0 Å². The van der Waals surface area contributed by atoms with Crippen molar-refractivity contribution >= 4 is 17.2 Å². The minimum absolute atomic E-state index is 0.0336. The van der Waals surface area contributed by atoms with Crippen molar-refractivity contribution < 1.29 is 9.90 Å². The standard InChI is InChI=1S/C16H23NO2S/c18-10-11-4-1-2-6-14(11)17-16(19)13-5-3-7-15-12(13)8-9-20-15/h8-9,11,13-14,18H,1-7,10H2,(H,17,19). The quantitative estimate of drug-likeness (QED) is 0.900. The maximum Gasteiger partial charge on any atom is 0.227 e. The van der Waals surface area contributed by atoms with Crippen molar-refractivity contribution in [1.29, 1.82) is 0 Å². The van der Waals surface area contributed by atoms with Crippen LogP contribution in [0.15, 0.2) is 11.4 Å². The van der Waals surface area contributed by atoms with Crippen molar-refractivity contribution in [2.75, 3.05) is 6.61 Å². The van der Waals surface area contributed by atoms with Gasteiger partial charge < -0.3 is 10.4 Å². The molecule has 1 amide bonds. The first-order valence-electron chi connectivity index (χ1n) is 7.77. The summed E-state index contributed by atoms with van der Waals surface area (Å²) < 4.78 is 0. The monoisotopic (exact) mass is 293 g/mol. The smallest absolute Gasteiger partial charge is 0.227 e. The number of aryl methyl sites for hydroxylation is 1. The van der Waals surface area contributed by atoms with Gasteiger partial charge in [-0.05, 0) is 49.1 Å². The first-order chi connectivity index (χ1) is 9.79. The summed E-state index contributed by atoms with van der Waals surface area (Å²) in [6, 6.07) is 2.29. The van der Waals surface area contributed by atoms with Crippen LogP contribution in [0.25, 0.3) is 0 Å². The molecule has 0 radical (unpaired) electrons. The molecule has 0 bridgehead atoms. The number of aliphatic hydroxyl groups excluding tert-OH is 1. The molecule has 0 spiro atoms. The molecule has 2 N–H and O–H groups in total. The van der Waals surface area contributed by atoms with Crippen LogP contribution in [-0.2, 0) is 11.2 Å². The summed E-state index contributed by atoms with van der Waals surface area (Å²) in [5.74, 6) is 0.458. The van der Waals surface area contributed by atoms with Crippen LogP contribution in [0.1, 0.15) is 54.9 Å². The first kappa shape index (κ1) is 14.1. The topological polar surface area (TPSA) is 49.3 Å². The molecule has 1 aromatic rings. The Bertz CT molecular complexity index is 471. The number of nitrogens with one attached hydrogen (secondary N) is 1. The molecule has 3 unspecified atom stereocenters. The van der Waals surface area contributed by atoms with Crippen molar-refractivity contribution in [3.05, 3.63) is 21.9 Å². The van der Waals surface area contributed by atoms with Crippen LogP contribution in [0, 0.1) is 5.92 Å². The number of rotatable bonds is 3. The van der Waals surface area contributed by atoms with Gasteiger partial charge in [0.2, 0.25) is 5.91 Å². The zero-order valence-electron chi connectivity index (χ0n) is 11.8. The van der Waals surface area contributed by atoms with Crippen LogP contribution in [0.3, 0.4) is 0 Å². The number of thiophene rings is 1. The lowest BCUT2D eigenvalue weighted by molar-refractivity contribution is -0.124. The van der Waals surface area contributed by atoms with Gasteiger partial charge >= 0.3 is 0 Å². The fourth-order valence-electron chi connectivity index (χ4n) is 3.66. The molecule has 110 valence electrons. The van der Waals surface area contributed by atoms with E-state index in [1.807, 2.05) is 0 Å². The molecule has 3 rings (SSSR count). The van der Waals surface area contributed by atoms with Crippen LogP contribution in [0.2, 0.25) is 0 Å². The Hall–Kier alpha value is -0.870. The number of aliphatic hydroxyl groups is 1. The van der Waals surface area contributed by atoms with Gasteiger partial charge in [-0.1, -0.05) is 12.8 Å². The molecule has 0 aromatic carbocycles. The lowest BCUT2D eigenvalue weighted by Crippen LogP contribution is -2.45. The zero-order chi connectivity index (χ0) is 13.9. The highest BCUT2D eigenvalue weighted by Gasteiger charge is 2.31. The average Bonchev–Trinajstić information content (AvgIpc) is 2.96. The number of fused-ring (bicyclic) bond motifs is 1. The predicted octanol–water partition coefficient (Wildman–Crippen LogP) is 2.84. The third-order valence-electron chi connectivity index (χ3n) is 4.84. The van der Waals surface area contributed by atoms with E-state index in [-0.39, 0.29) is 30.4 Å². The molecule has 1 heterocycles. The van der Waals surface area contributed by atoms with E-state index < -0.39 is 0 Å². The van der Waals surface area contributed by atoms with E-state index in [4.69, 9.17) is 0 Å². The second-order valence-corrected chi connectivity index (χ2v) is 7.09. The maximum atomic E-state index is 12.6. The minimum Gasteiger partial charge on any atom is -0.396 e. The normalized spacial score (nSPS) is 29.8. The highest BCUT2D eigenvalue weighted by atomic mass is 32.1. The molecule has 1 fully saturated rings. The average molecular weight is 293 g/mol. The Balaban J connectivity index is 1.68. The summed E-state index contributed by atoms with van der Waals surface area (Å²) in [7, 11) is 0. The van der Waals surface area contributed by atoms with Gasteiger partial charge in [-0.3, -0.25) is 4.79 Å². The van der Waals surface area contributed by atoms with Gasteiger partial charge in [0.1, 0.15) is 0 Å². The van der Waals surface area contributed by atoms with E-state index in [2.05, 4.69) is 16.8 Å². The fraction of sp³-hybridized carbons (Fsp3) is 0.688. The van der Waals surface area contributed by atoms with E-state index in [0.29, 0.717) is 0 Å². The number of amides is 1. The first-order valence-corrected chi connectivity index (χ1v) is 8.65. The largest absolute Gasteiger partial charge is 0.396 e. The van der Waals surface area contributed by atoms with Crippen molar-refractivity contribution in [3.63, 3.8) is 0 Å². The Morgan fingerprint density at radius 3 is 3.00 bits per heavy atom. The Kier molecular flexibility index (Phi) is 4.41. The molecule has 20 heavy (non-hydrogen) atoms. The molecule has 3 nitrogen and oxygen atoms in total. The van der Waals surface area contributed by atoms with Crippen LogP contribution in [0.5, 0.6) is 0 Å². The lowest BCUT2D eigenvalue weighted by Gasteiger charge is -2.32. The van der Waals surface area contributed by atoms with Crippen LogP contribution in [0.4, 0.5) is 0 Å². The van der Waals surface area contributed by atoms with Crippen LogP contribution < -0.4 is 5.32 Å². The Morgan fingerprint density at radius 1 is 1.30 bits per heavy atom. The lowest BCUT2D eigenvalue weighted by atomic mass is 9.83. The minimum atomic E-state index is 0.0336. The molecular weight excluding hydrogens is 270 g/mol. The summed E-state index contributed by atoms with van der Waals surface area (Å²) in [5, 5.41) is 14.8. The SMILES string of the molecule is O=C(NC1CCCCC1CO)C1CCCc2sccc21. The van der Waals surface area contributed by atoms with Gasteiger partial charge in [-0.2, -0.15) is 0 Å². The van der Waals surface area contributed by atoms with Crippen molar-refractivity contribution in [2.24, 2.45) is 5.92 Å². The molecule has 0 aliphatic heterocycles. The Labute approximate surface area is 124 Å². The van der Waals surface area contributed by atoms with E-state index >= 15 is 0 Å². The third kappa shape index (κ3) is 2.77. The van der Waals surface area contributed by atoms with Gasteiger partial charge in [0.05, 0.1) is 5.92 Å². The summed E-state index contributed by atoms with van der Waals surface area (Å²) in [6.45, 7) is 0.194. The molecule has 1 saturated carbocycles. The second-order valence-electron chi connectivity index (χ2n) is 6.09. The predicted molar refractivity (Wildman–Crippen MR) is 81.0 cm³/mol. The summed E-state index contributed by atoms with van der Waals surface area (Å²) in [4.78, 5) is 14.0. The summed E-state index contributed by atoms with van der Waals surface area (Å²) >= 11 is 1.78. The second kappa shape index (κ2) is 6.27. The van der Waals surface area contributed by atoms with Gasteiger partial charge in [0.15, 0.2) is 0 Å². The van der Waals surface area contributed by atoms with Gasteiger partial charge in [0.25, 0.3) is 0 Å². The highest BCUT2D eigenvalue weighted by molar-refractivity contribution is 7.10. The summed E-state index contributed by atoms with van der Waals surface area (Å²) in [6.07, 6.45) is 7.59. The number of hydrogen-bond acceptors (Lipinski definition) is 3. The van der Waals surface area contributed by atoms with Gasteiger partial charge in [0, 0.05) is 23.4 Å². The van der Waals surface area contributed by atoms with E-state index in [1.165, 1.54) is 16.9 Å². The van der Waals surface area contributed by atoms with E-state index in [9.17, 15) is 9.90 Å². The van der Waals surface area contributed by atoms with Gasteiger partial charge in [-0.25, -0.2) is 0 Å². The maximum absolute atomic E-state index is 12.6. The number of hydrogen-bond donors (Lipinski definition) is 2.